The highest BCUT2D eigenvalue weighted by atomic mass is 16.5. The van der Waals surface area contributed by atoms with Crippen molar-refractivity contribution < 1.29 is 34.1 Å². The monoisotopic (exact) mass is 897 g/mol. The Kier molecular flexibility index (Phi) is 17.1. The maximum atomic E-state index is 12.6. The molecule has 0 amide bonds. The molecule has 0 aliphatic rings. The van der Waals surface area contributed by atoms with E-state index < -0.39 is 46.3 Å². The number of ether oxygens (including phenoxy) is 1. The molecule has 15 nitrogen and oxygen atoms in total. The number of aromatic carboxylic acids is 1. The Bertz CT molecular complexity index is 2750. The minimum atomic E-state index is -1.52. The number of unbranched alkanes of at least 4 members (excludes halogenated alkanes) is 18. The molecule has 352 valence electrons. The van der Waals surface area contributed by atoms with Gasteiger partial charge in [0.25, 0.3) is 5.76 Å². The van der Waals surface area contributed by atoms with Crippen molar-refractivity contribution in [1.29, 1.82) is 0 Å². The van der Waals surface area contributed by atoms with E-state index in [9.17, 15) is 34.2 Å². The molecule has 6 aromatic rings. The van der Waals surface area contributed by atoms with Gasteiger partial charge in [-0.25, -0.2) is 9.59 Å². The molecule has 65 heavy (non-hydrogen) atoms. The van der Waals surface area contributed by atoms with Crippen molar-refractivity contribution in [3.8, 4) is 11.5 Å². The second kappa shape index (κ2) is 22.9. The number of nitrogens with one attached hydrogen (secondary N) is 1. The number of carboxylic acid groups (broad SMARTS) is 2. The zero-order valence-corrected chi connectivity index (χ0v) is 38.2. The van der Waals surface area contributed by atoms with Crippen LogP contribution in [0.15, 0.2) is 37.0 Å². The Morgan fingerprint density at radius 2 is 1.09 bits per heavy atom. The molecular weight excluding hydrogens is 831 g/mol. The number of carbonyl (C=O) groups is 2. The van der Waals surface area contributed by atoms with E-state index >= 15 is 0 Å². The Hall–Kier alpha value is -5.83. The number of nitrogens with zero attached hydrogens (tertiary/aromatic N) is 2. The molecule has 6 rings (SSSR count). The average Bonchev–Trinajstić information content (AvgIpc) is 3.68. The standard InChI is InChI=1S/C50H67N5O10/c1-31-41(51)39-35(24-23-33-43(58)46(61)49(50(62)63)65-47(33)39)54(31)27-21-17-13-9-5-3-7-11-15-19-25-53-26-20-16-12-8-4-6-10-14-18-22-28-55-32(2)42(52)40-36(55)29-34-38(45(60)44(34)59)48(40)64-30-37(56)57/h23-24,29,53,61H,3-22,25-28,30,51-52H2,1-2H3,(H,56,57)(H,62,63). The molecule has 0 radical (unpaired) electrons. The Morgan fingerprint density at radius 1 is 0.615 bits per heavy atom. The van der Waals surface area contributed by atoms with Crippen molar-refractivity contribution in [1.82, 2.24) is 14.5 Å². The first-order valence-corrected chi connectivity index (χ1v) is 23.7. The normalized spacial score (nSPS) is 11.9. The van der Waals surface area contributed by atoms with Gasteiger partial charge in [-0.1, -0.05) is 103 Å². The van der Waals surface area contributed by atoms with E-state index in [4.69, 9.17) is 25.7 Å². The number of carboxylic acids is 2. The van der Waals surface area contributed by atoms with Crippen LogP contribution >= 0.6 is 0 Å². The third kappa shape index (κ3) is 11.2. The van der Waals surface area contributed by atoms with Crippen LogP contribution in [0.5, 0.6) is 11.5 Å². The number of aliphatic carboxylic acids is 1. The van der Waals surface area contributed by atoms with Gasteiger partial charge in [0.15, 0.2) is 12.2 Å². The number of anilines is 2. The number of aromatic nitrogens is 2. The number of rotatable bonds is 30. The Balaban J connectivity index is 0.730. The number of hydrogen-bond donors (Lipinski definition) is 6. The van der Waals surface area contributed by atoms with Crippen molar-refractivity contribution in [2.45, 2.75) is 155 Å². The van der Waals surface area contributed by atoms with Crippen molar-refractivity contribution >= 4 is 66.9 Å². The molecule has 15 heteroatoms. The van der Waals surface area contributed by atoms with Gasteiger partial charge in [0.05, 0.1) is 44.0 Å². The fraction of sp³-hybridized carbons (Fsp3) is 0.540. The molecule has 0 fully saturated rings. The SMILES string of the molecule is Cc1c(N)c2c(OCC(=O)O)c3c(=O)c(=O)c3cc2n1CCCCCCCCCCCCNCCCCCCCCCCCCn1c(C)c(N)c2c3oc(C(=O)O)c(O)c(=O)c3ccc21. The van der Waals surface area contributed by atoms with Gasteiger partial charge in [0.1, 0.15) is 5.75 Å². The molecule has 3 heterocycles. The molecule has 0 aliphatic carbocycles. The maximum absolute atomic E-state index is 12.6. The highest BCUT2D eigenvalue weighted by molar-refractivity contribution is 6.12. The van der Waals surface area contributed by atoms with E-state index in [0.29, 0.717) is 34.2 Å². The summed E-state index contributed by atoms with van der Waals surface area (Å²) >= 11 is 0. The molecule has 0 unspecified atom stereocenters. The molecule has 0 bridgehead atoms. The molecule has 8 N–H and O–H groups in total. The number of hydrogen-bond acceptors (Lipinski definition) is 11. The first kappa shape index (κ1) is 48.6. The van der Waals surface area contributed by atoms with Crippen LogP contribution in [0.3, 0.4) is 0 Å². The minimum absolute atomic E-state index is 0.0848. The summed E-state index contributed by atoms with van der Waals surface area (Å²) in [5, 5.41) is 33.7. The Labute approximate surface area is 378 Å². The smallest absolute Gasteiger partial charge is 0.375 e. The lowest BCUT2D eigenvalue weighted by molar-refractivity contribution is -0.139. The zero-order valence-electron chi connectivity index (χ0n) is 38.2. The van der Waals surface area contributed by atoms with Crippen LogP contribution < -0.4 is 37.8 Å². The Morgan fingerprint density at radius 3 is 1.60 bits per heavy atom. The lowest BCUT2D eigenvalue weighted by Crippen LogP contribution is -2.31. The second-order valence-electron chi connectivity index (χ2n) is 17.7. The van der Waals surface area contributed by atoms with Crippen LogP contribution in [0, 0.1) is 13.8 Å². The van der Waals surface area contributed by atoms with Gasteiger partial charge in [-0.05, 0) is 70.8 Å². The number of nitrogens with two attached hydrogens (primary N) is 2. The summed E-state index contributed by atoms with van der Waals surface area (Å²) in [7, 11) is 0. The van der Waals surface area contributed by atoms with Crippen molar-refractivity contribution in [3.05, 3.63) is 66.0 Å². The summed E-state index contributed by atoms with van der Waals surface area (Å²) in [6, 6.07) is 5.03. The van der Waals surface area contributed by atoms with E-state index in [1.54, 1.807) is 18.2 Å². The van der Waals surface area contributed by atoms with Crippen LogP contribution in [0.1, 0.15) is 150 Å². The fourth-order valence-corrected chi connectivity index (χ4v) is 9.43. The van der Waals surface area contributed by atoms with Crippen LogP contribution in [-0.2, 0) is 17.9 Å². The van der Waals surface area contributed by atoms with E-state index in [0.717, 1.165) is 68.6 Å². The van der Waals surface area contributed by atoms with E-state index in [2.05, 4.69) is 14.5 Å². The quantitative estimate of drug-likeness (QED) is 0.0183. The highest BCUT2D eigenvalue weighted by Gasteiger charge is 2.27. The van der Waals surface area contributed by atoms with E-state index in [1.165, 1.54) is 96.3 Å². The predicted molar refractivity (Wildman–Crippen MR) is 258 cm³/mol. The maximum Gasteiger partial charge on any atom is 0.375 e. The fourth-order valence-electron chi connectivity index (χ4n) is 9.43. The van der Waals surface area contributed by atoms with Crippen LogP contribution in [0.2, 0.25) is 0 Å². The summed E-state index contributed by atoms with van der Waals surface area (Å²) in [5.41, 5.74) is 14.9. The minimum Gasteiger partial charge on any atom is -0.501 e. The zero-order chi connectivity index (χ0) is 46.6. The number of fused-ring (bicyclic) bond motifs is 5. The molecule has 0 spiro atoms. The molecule has 0 aliphatic heterocycles. The third-order valence-electron chi connectivity index (χ3n) is 13.2. The first-order valence-electron chi connectivity index (χ1n) is 23.7. The van der Waals surface area contributed by atoms with Crippen molar-refractivity contribution in [3.63, 3.8) is 0 Å². The number of aryl methyl sites for hydroxylation is 2. The number of nitrogen functional groups attached to an aromatic ring is 2. The van der Waals surface area contributed by atoms with Crippen molar-refractivity contribution in [2.75, 3.05) is 31.2 Å². The van der Waals surface area contributed by atoms with Crippen LogP contribution in [0.25, 0.3) is 43.5 Å². The van der Waals surface area contributed by atoms with E-state index in [1.807, 2.05) is 13.8 Å². The summed E-state index contributed by atoms with van der Waals surface area (Å²) in [6.45, 7) is 6.84. The second-order valence-corrected chi connectivity index (χ2v) is 17.7. The number of benzene rings is 2. The van der Waals surface area contributed by atoms with Gasteiger partial charge in [0, 0.05) is 29.9 Å². The molecule has 0 atom stereocenters. The molecule has 0 saturated carbocycles. The highest BCUT2D eigenvalue weighted by Crippen LogP contribution is 2.40. The summed E-state index contributed by atoms with van der Waals surface area (Å²) in [5.74, 6) is -4.29. The molecular formula is C50H67N5O10. The van der Waals surface area contributed by atoms with Gasteiger partial charge >= 0.3 is 11.9 Å². The number of aromatic hydroxyl groups is 1. The van der Waals surface area contributed by atoms with Gasteiger partial charge in [-0.2, -0.15) is 0 Å². The van der Waals surface area contributed by atoms with Gasteiger partial charge < -0.3 is 50.4 Å². The molecule has 3 aromatic heterocycles. The van der Waals surface area contributed by atoms with Crippen LogP contribution in [0.4, 0.5) is 11.4 Å². The molecule has 0 saturated heterocycles. The lowest BCUT2D eigenvalue weighted by atomic mass is 10.0. The first-order chi connectivity index (χ1) is 31.3. The summed E-state index contributed by atoms with van der Waals surface area (Å²) in [4.78, 5) is 59.9. The largest absolute Gasteiger partial charge is 0.501 e. The van der Waals surface area contributed by atoms with Gasteiger partial charge in [-0.15, -0.1) is 0 Å². The average molecular weight is 898 g/mol. The topological polar surface area (TPSA) is 242 Å². The summed E-state index contributed by atoms with van der Waals surface area (Å²) < 4.78 is 15.2. The summed E-state index contributed by atoms with van der Waals surface area (Å²) in [6.07, 6.45) is 24.0. The van der Waals surface area contributed by atoms with Crippen molar-refractivity contribution in [2.24, 2.45) is 0 Å². The van der Waals surface area contributed by atoms with Crippen LogP contribution in [-0.4, -0.2) is 56.1 Å². The lowest BCUT2D eigenvalue weighted by Gasteiger charge is -2.12. The third-order valence-corrected chi connectivity index (χ3v) is 13.2. The van der Waals surface area contributed by atoms with Gasteiger partial charge in [0.2, 0.25) is 22.0 Å². The van der Waals surface area contributed by atoms with E-state index in [-0.39, 0.29) is 27.5 Å². The molecule has 3 aromatic carbocycles. The van der Waals surface area contributed by atoms with Gasteiger partial charge in [-0.3, -0.25) is 14.4 Å². The predicted octanol–water partition coefficient (Wildman–Crippen LogP) is 9.19.